The van der Waals surface area contributed by atoms with Gasteiger partial charge in [0.25, 0.3) is 0 Å². The van der Waals surface area contributed by atoms with Crippen LogP contribution in [0.3, 0.4) is 0 Å². The van der Waals surface area contributed by atoms with Crippen molar-refractivity contribution in [1.82, 2.24) is 4.31 Å². The molecule has 0 unspecified atom stereocenters. The van der Waals surface area contributed by atoms with E-state index in [0.717, 1.165) is 5.56 Å². The number of rotatable bonds is 5. The van der Waals surface area contributed by atoms with Crippen LogP contribution >= 0.6 is 0 Å². The molecule has 0 radical (unpaired) electrons. The van der Waals surface area contributed by atoms with Gasteiger partial charge in [0.05, 0.1) is 5.41 Å². The number of carbonyl (C=O) groups is 1. The van der Waals surface area contributed by atoms with E-state index in [1.807, 2.05) is 37.3 Å². The third kappa shape index (κ3) is 3.46. The van der Waals surface area contributed by atoms with E-state index in [2.05, 4.69) is 0 Å². The van der Waals surface area contributed by atoms with Crippen molar-refractivity contribution in [3.05, 3.63) is 71.0 Å². The van der Waals surface area contributed by atoms with Gasteiger partial charge in [-0.05, 0) is 49.8 Å². The third-order valence-electron chi connectivity index (χ3n) is 6.35. The van der Waals surface area contributed by atoms with Crippen LogP contribution < -0.4 is 5.73 Å². The Morgan fingerprint density at radius 1 is 1.17 bits per heavy atom. The summed E-state index contributed by atoms with van der Waals surface area (Å²) in [6.07, 6.45) is 2.50. The maximum Gasteiger partial charge on any atom is 0.228 e. The summed E-state index contributed by atoms with van der Waals surface area (Å²) in [5.74, 6) is -0.943. The summed E-state index contributed by atoms with van der Waals surface area (Å²) in [7, 11) is -3.63. The van der Waals surface area contributed by atoms with Gasteiger partial charge in [0.1, 0.15) is 11.1 Å². The standard InChI is InChI=1S/C22H25FN2O3S/c1-15-7-10-20(16-5-3-2-4-6-16)29(27,28)25(15)14-17-8-9-18(13-19(17)23)22(11-12-22)21(24)26/h2-6,8-9,13,15,20H,7,10-12,14H2,1H3,(H2,24,26)/t15-,20+/m0/s1. The van der Waals surface area contributed by atoms with E-state index in [1.54, 1.807) is 12.1 Å². The number of hydrogen-bond donors (Lipinski definition) is 1. The second-order valence-corrected chi connectivity index (χ2v) is 10.2. The van der Waals surface area contributed by atoms with Gasteiger partial charge in [0, 0.05) is 18.2 Å². The SMILES string of the molecule is C[C@H]1CC[C@H](c2ccccc2)S(=O)(=O)N1Cc1ccc(C2(C(N)=O)CC2)cc1F. The molecule has 0 spiro atoms. The molecule has 4 rings (SSSR count). The van der Waals surface area contributed by atoms with Crippen molar-refractivity contribution < 1.29 is 17.6 Å². The summed E-state index contributed by atoms with van der Waals surface area (Å²) < 4.78 is 42.9. The fourth-order valence-electron chi connectivity index (χ4n) is 4.30. The quantitative estimate of drug-likeness (QED) is 0.811. The molecule has 5 nitrogen and oxygen atoms in total. The smallest absolute Gasteiger partial charge is 0.228 e. The summed E-state index contributed by atoms with van der Waals surface area (Å²) in [6, 6.07) is 13.6. The number of carbonyl (C=O) groups excluding carboxylic acids is 1. The summed E-state index contributed by atoms with van der Waals surface area (Å²) in [4.78, 5) is 11.7. The van der Waals surface area contributed by atoms with Crippen LogP contribution in [0.2, 0.25) is 0 Å². The Labute approximate surface area is 170 Å². The normalized spacial score (nSPS) is 25.4. The van der Waals surface area contributed by atoms with Crippen molar-refractivity contribution >= 4 is 15.9 Å². The van der Waals surface area contributed by atoms with E-state index in [4.69, 9.17) is 5.73 Å². The van der Waals surface area contributed by atoms with E-state index < -0.39 is 32.4 Å². The lowest BCUT2D eigenvalue weighted by molar-refractivity contribution is -0.120. The van der Waals surface area contributed by atoms with Gasteiger partial charge in [-0.15, -0.1) is 0 Å². The maximum atomic E-state index is 14.9. The van der Waals surface area contributed by atoms with Crippen LogP contribution in [-0.4, -0.2) is 24.7 Å². The van der Waals surface area contributed by atoms with Crippen molar-refractivity contribution in [3.63, 3.8) is 0 Å². The van der Waals surface area contributed by atoms with Crippen LogP contribution in [0.1, 0.15) is 54.5 Å². The molecule has 0 aromatic heterocycles. The Kier molecular flexibility index (Phi) is 4.99. The molecule has 2 aliphatic rings. The van der Waals surface area contributed by atoms with Gasteiger partial charge in [0.15, 0.2) is 0 Å². The van der Waals surface area contributed by atoms with Crippen LogP contribution in [0.4, 0.5) is 4.39 Å². The van der Waals surface area contributed by atoms with Gasteiger partial charge in [0.2, 0.25) is 15.9 Å². The maximum absolute atomic E-state index is 14.9. The molecule has 1 aliphatic heterocycles. The topological polar surface area (TPSA) is 80.5 Å². The molecule has 1 amide bonds. The number of hydrogen-bond acceptors (Lipinski definition) is 3. The first-order valence-corrected chi connectivity index (χ1v) is 11.4. The number of sulfonamides is 1. The Bertz CT molecular complexity index is 1040. The van der Waals surface area contributed by atoms with Gasteiger partial charge in [-0.2, -0.15) is 4.31 Å². The average molecular weight is 417 g/mol. The highest BCUT2D eigenvalue weighted by Crippen LogP contribution is 2.48. The Balaban J connectivity index is 1.62. The number of primary amides is 1. The van der Waals surface area contributed by atoms with Crippen LogP contribution in [0.15, 0.2) is 48.5 Å². The molecule has 2 fully saturated rings. The van der Waals surface area contributed by atoms with E-state index in [0.29, 0.717) is 36.8 Å². The van der Waals surface area contributed by atoms with Gasteiger partial charge in [-0.1, -0.05) is 42.5 Å². The molecule has 7 heteroatoms. The van der Waals surface area contributed by atoms with Crippen LogP contribution in [0.5, 0.6) is 0 Å². The minimum absolute atomic E-state index is 0.0253. The second-order valence-electron chi connectivity index (χ2n) is 8.17. The first kappa shape index (κ1) is 20.0. The fraction of sp³-hybridized carbons (Fsp3) is 0.409. The number of halogens is 1. The highest BCUT2D eigenvalue weighted by Gasteiger charge is 2.50. The van der Waals surface area contributed by atoms with Gasteiger partial charge in [-0.3, -0.25) is 4.79 Å². The molecule has 2 aromatic rings. The molecule has 0 bridgehead atoms. The second kappa shape index (κ2) is 7.22. The van der Waals surface area contributed by atoms with E-state index in [9.17, 15) is 17.6 Å². The van der Waals surface area contributed by atoms with Gasteiger partial charge in [-0.25, -0.2) is 12.8 Å². The predicted octanol–water partition coefficient (Wildman–Crippen LogP) is 3.40. The summed E-state index contributed by atoms with van der Waals surface area (Å²) in [5.41, 5.74) is 6.35. The molecule has 2 N–H and O–H groups in total. The van der Waals surface area contributed by atoms with Gasteiger partial charge >= 0.3 is 0 Å². The van der Waals surface area contributed by atoms with Crippen molar-refractivity contribution in [2.45, 2.75) is 55.9 Å². The molecule has 2 aromatic carbocycles. The summed E-state index contributed by atoms with van der Waals surface area (Å²) in [6.45, 7) is 1.83. The molecule has 1 saturated carbocycles. The van der Waals surface area contributed by atoms with E-state index in [1.165, 1.54) is 10.4 Å². The van der Waals surface area contributed by atoms with Crippen molar-refractivity contribution in [2.24, 2.45) is 5.73 Å². The lowest BCUT2D eigenvalue weighted by atomic mass is 9.94. The fourth-order valence-corrected chi connectivity index (χ4v) is 6.48. The molecular weight excluding hydrogens is 391 g/mol. The molecule has 29 heavy (non-hydrogen) atoms. The zero-order valence-corrected chi connectivity index (χ0v) is 17.2. The molecule has 1 aliphatic carbocycles. The number of nitrogens with two attached hydrogens (primary N) is 1. The summed E-state index contributed by atoms with van der Waals surface area (Å²) >= 11 is 0. The minimum Gasteiger partial charge on any atom is -0.369 e. The zero-order valence-electron chi connectivity index (χ0n) is 16.3. The largest absolute Gasteiger partial charge is 0.369 e. The number of nitrogens with zero attached hydrogens (tertiary/aromatic N) is 1. The zero-order chi connectivity index (χ0) is 20.8. The van der Waals surface area contributed by atoms with Crippen molar-refractivity contribution in [1.29, 1.82) is 0 Å². The van der Waals surface area contributed by atoms with Crippen molar-refractivity contribution in [3.8, 4) is 0 Å². The third-order valence-corrected chi connectivity index (χ3v) is 8.72. The first-order chi connectivity index (χ1) is 13.8. The predicted molar refractivity (Wildman–Crippen MR) is 109 cm³/mol. The molecular formula is C22H25FN2O3S. The van der Waals surface area contributed by atoms with Gasteiger partial charge < -0.3 is 5.73 Å². The van der Waals surface area contributed by atoms with E-state index in [-0.39, 0.29) is 12.6 Å². The number of benzene rings is 2. The Morgan fingerprint density at radius 2 is 1.86 bits per heavy atom. The first-order valence-electron chi connectivity index (χ1n) is 9.90. The lowest BCUT2D eigenvalue weighted by Crippen LogP contribution is -2.44. The molecule has 154 valence electrons. The Hall–Kier alpha value is -2.25. The van der Waals surface area contributed by atoms with Crippen LogP contribution in [0.25, 0.3) is 0 Å². The molecule has 2 atom stereocenters. The number of amides is 1. The van der Waals surface area contributed by atoms with Crippen LogP contribution in [-0.2, 0) is 26.8 Å². The van der Waals surface area contributed by atoms with E-state index >= 15 is 0 Å². The summed E-state index contributed by atoms with van der Waals surface area (Å²) in [5, 5.41) is -0.619. The molecule has 1 heterocycles. The lowest BCUT2D eigenvalue weighted by Gasteiger charge is -2.37. The molecule has 1 saturated heterocycles. The monoisotopic (exact) mass is 416 g/mol. The van der Waals surface area contributed by atoms with Crippen LogP contribution in [0, 0.1) is 5.82 Å². The Morgan fingerprint density at radius 3 is 2.45 bits per heavy atom. The average Bonchev–Trinajstić information content (AvgIpc) is 3.49. The highest BCUT2D eigenvalue weighted by molar-refractivity contribution is 7.89. The minimum atomic E-state index is -3.63. The highest BCUT2D eigenvalue weighted by atomic mass is 32.2. The van der Waals surface area contributed by atoms with Crippen molar-refractivity contribution in [2.75, 3.05) is 0 Å².